The van der Waals surface area contributed by atoms with Gasteiger partial charge in [-0.15, -0.1) is 0 Å². The molecule has 3 N–H and O–H groups in total. The lowest BCUT2D eigenvalue weighted by molar-refractivity contribution is -0.145. The number of nitrogens with one attached hydrogen (secondary N) is 2. The Morgan fingerprint density at radius 3 is 1.94 bits per heavy atom. The molecule has 1 aromatic rings. The van der Waals surface area contributed by atoms with E-state index in [1.807, 2.05) is 6.92 Å². The van der Waals surface area contributed by atoms with Gasteiger partial charge in [-0.2, -0.15) is 0 Å². The van der Waals surface area contributed by atoms with Crippen molar-refractivity contribution in [2.45, 2.75) is 44.7 Å². The molecule has 178 valence electrons. The van der Waals surface area contributed by atoms with E-state index in [1.165, 1.54) is 40.6 Å². The number of carbonyl (C=O) groups is 4. The van der Waals surface area contributed by atoms with Gasteiger partial charge in [-0.3, -0.25) is 14.4 Å². The quantitative estimate of drug-likeness (QED) is 0.373. The van der Waals surface area contributed by atoms with Crippen molar-refractivity contribution in [3.8, 4) is 17.2 Å². The first kappa shape index (κ1) is 26.5. The fraction of sp³-hybridized carbons (Fsp3) is 0.524. The molecular formula is C21H30N2O9. The predicted molar refractivity (Wildman–Crippen MR) is 113 cm³/mol. The molecule has 11 nitrogen and oxygen atoms in total. The van der Waals surface area contributed by atoms with Gasteiger partial charge in [0.05, 0.1) is 28.4 Å². The van der Waals surface area contributed by atoms with Crippen molar-refractivity contribution < 1.29 is 43.2 Å². The maximum absolute atomic E-state index is 12.9. The molecule has 0 heterocycles. The Kier molecular flexibility index (Phi) is 10.8. The van der Waals surface area contributed by atoms with Crippen LogP contribution in [-0.2, 0) is 19.1 Å². The van der Waals surface area contributed by atoms with Crippen LogP contribution in [0.3, 0.4) is 0 Å². The van der Waals surface area contributed by atoms with Gasteiger partial charge < -0.3 is 34.7 Å². The Morgan fingerprint density at radius 2 is 1.50 bits per heavy atom. The number of benzene rings is 1. The molecule has 0 saturated carbocycles. The van der Waals surface area contributed by atoms with Crippen LogP contribution in [0.2, 0.25) is 0 Å². The van der Waals surface area contributed by atoms with Gasteiger partial charge in [-0.25, -0.2) is 4.79 Å². The van der Waals surface area contributed by atoms with E-state index < -0.39 is 35.8 Å². The van der Waals surface area contributed by atoms with Crippen LogP contribution in [0.25, 0.3) is 0 Å². The van der Waals surface area contributed by atoms with Crippen LogP contribution in [0.4, 0.5) is 0 Å². The third-order valence-electron chi connectivity index (χ3n) is 4.58. The normalized spacial score (nSPS) is 12.2. The highest BCUT2D eigenvalue weighted by Crippen LogP contribution is 2.38. The average molecular weight is 454 g/mol. The van der Waals surface area contributed by atoms with E-state index in [-0.39, 0.29) is 35.7 Å². The maximum atomic E-state index is 12.9. The number of carbonyl (C=O) groups excluding carboxylic acids is 3. The predicted octanol–water partition coefficient (Wildman–Crippen LogP) is 1.13. The van der Waals surface area contributed by atoms with E-state index in [0.29, 0.717) is 12.8 Å². The summed E-state index contributed by atoms with van der Waals surface area (Å²) in [5.41, 5.74) is 0.103. The second kappa shape index (κ2) is 13.0. The van der Waals surface area contributed by atoms with E-state index >= 15 is 0 Å². The van der Waals surface area contributed by atoms with Gasteiger partial charge in [-0.1, -0.05) is 13.3 Å². The molecule has 0 aliphatic carbocycles. The van der Waals surface area contributed by atoms with Crippen molar-refractivity contribution in [2.75, 3.05) is 28.4 Å². The molecule has 0 aliphatic rings. The van der Waals surface area contributed by atoms with E-state index in [4.69, 9.17) is 24.1 Å². The van der Waals surface area contributed by atoms with Crippen molar-refractivity contribution in [1.82, 2.24) is 10.6 Å². The van der Waals surface area contributed by atoms with E-state index in [2.05, 4.69) is 10.6 Å². The van der Waals surface area contributed by atoms with Gasteiger partial charge in [0, 0.05) is 12.0 Å². The lowest BCUT2D eigenvalue weighted by Crippen LogP contribution is -2.52. The first-order valence-electron chi connectivity index (χ1n) is 9.93. The summed E-state index contributed by atoms with van der Waals surface area (Å²) in [6.45, 7) is 1.83. The van der Waals surface area contributed by atoms with Crippen molar-refractivity contribution in [3.63, 3.8) is 0 Å². The van der Waals surface area contributed by atoms with E-state index in [9.17, 15) is 19.2 Å². The molecule has 2 atom stereocenters. The first-order valence-corrected chi connectivity index (χ1v) is 9.93. The van der Waals surface area contributed by atoms with Crippen LogP contribution in [-0.4, -0.2) is 69.4 Å². The molecule has 0 aliphatic heterocycles. The van der Waals surface area contributed by atoms with Crippen LogP contribution in [0.15, 0.2) is 12.1 Å². The number of aliphatic carboxylic acids is 1. The molecule has 1 aromatic carbocycles. The number of hydrogen-bond donors (Lipinski definition) is 3. The van der Waals surface area contributed by atoms with Gasteiger partial charge in [0.2, 0.25) is 11.7 Å². The zero-order chi connectivity index (χ0) is 24.3. The number of amides is 2. The average Bonchev–Trinajstić information content (AvgIpc) is 2.79. The molecule has 1 rings (SSSR count). The highest BCUT2D eigenvalue weighted by molar-refractivity contribution is 5.99. The second-order valence-electron chi connectivity index (χ2n) is 6.75. The second-order valence-corrected chi connectivity index (χ2v) is 6.75. The summed E-state index contributed by atoms with van der Waals surface area (Å²) in [5, 5.41) is 14.1. The van der Waals surface area contributed by atoms with E-state index in [1.54, 1.807) is 0 Å². The minimum absolute atomic E-state index is 0.103. The number of hydrogen-bond acceptors (Lipinski definition) is 8. The lowest BCUT2D eigenvalue weighted by atomic mass is 10.1. The standard InChI is InChI=1S/C21H30N2O9/c1-6-7-14(21(28)32-5)23-20(27)13(8-9-17(24)25)22-19(26)12-10-15(29-2)18(31-4)16(11-12)30-3/h10-11,13-14H,6-9H2,1-5H3,(H,22,26)(H,23,27)(H,24,25)/t13-,14+/m0/s1. The summed E-state index contributed by atoms with van der Waals surface area (Å²) in [6.07, 6.45) is 0.365. The Bertz CT molecular complexity index is 800. The fourth-order valence-electron chi connectivity index (χ4n) is 2.94. The number of ether oxygens (including phenoxy) is 4. The molecule has 0 saturated heterocycles. The van der Waals surface area contributed by atoms with Crippen LogP contribution in [0.5, 0.6) is 17.2 Å². The molecule has 2 amide bonds. The Morgan fingerprint density at radius 1 is 0.906 bits per heavy atom. The highest BCUT2D eigenvalue weighted by Gasteiger charge is 2.28. The number of carboxylic acid groups (broad SMARTS) is 1. The molecule has 0 fully saturated rings. The summed E-state index contributed by atoms with van der Waals surface area (Å²) in [7, 11) is 5.40. The van der Waals surface area contributed by atoms with Crippen molar-refractivity contribution in [1.29, 1.82) is 0 Å². The van der Waals surface area contributed by atoms with Crippen LogP contribution < -0.4 is 24.8 Å². The van der Waals surface area contributed by atoms with Gasteiger partial charge >= 0.3 is 11.9 Å². The third kappa shape index (κ3) is 7.33. The van der Waals surface area contributed by atoms with Gasteiger partial charge in [0.25, 0.3) is 5.91 Å². The smallest absolute Gasteiger partial charge is 0.328 e. The Hall–Kier alpha value is -3.50. The fourth-order valence-corrected chi connectivity index (χ4v) is 2.94. The molecular weight excluding hydrogens is 424 g/mol. The third-order valence-corrected chi connectivity index (χ3v) is 4.58. The summed E-state index contributed by atoms with van der Waals surface area (Å²) in [4.78, 5) is 48.6. The molecule has 0 radical (unpaired) electrons. The van der Waals surface area contributed by atoms with Crippen molar-refractivity contribution >= 4 is 23.8 Å². The summed E-state index contributed by atoms with van der Waals surface area (Å²) in [5.74, 6) is -2.38. The Balaban J connectivity index is 3.15. The molecule has 0 aromatic heterocycles. The van der Waals surface area contributed by atoms with E-state index in [0.717, 1.165) is 0 Å². The summed E-state index contributed by atoms with van der Waals surface area (Å²) < 4.78 is 20.4. The number of carboxylic acids is 1. The summed E-state index contributed by atoms with van der Waals surface area (Å²) >= 11 is 0. The summed E-state index contributed by atoms with van der Waals surface area (Å²) in [6, 6.07) is 0.679. The first-order chi connectivity index (χ1) is 15.2. The zero-order valence-corrected chi connectivity index (χ0v) is 18.9. The van der Waals surface area contributed by atoms with Gasteiger partial charge in [0.15, 0.2) is 11.5 Å². The van der Waals surface area contributed by atoms with Gasteiger partial charge in [0.1, 0.15) is 12.1 Å². The molecule has 11 heteroatoms. The molecule has 32 heavy (non-hydrogen) atoms. The maximum Gasteiger partial charge on any atom is 0.328 e. The van der Waals surface area contributed by atoms with Crippen LogP contribution in [0.1, 0.15) is 43.0 Å². The zero-order valence-electron chi connectivity index (χ0n) is 18.9. The molecule has 0 spiro atoms. The Labute approximate surface area is 186 Å². The minimum atomic E-state index is -1.21. The topological polar surface area (TPSA) is 149 Å². The monoisotopic (exact) mass is 454 g/mol. The van der Waals surface area contributed by atoms with Crippen LogP contribution >= 0.6 is 0 Å². The number of esters is 1. The van der Waals surface area contributed by atoms with Crippen molar-refractivity contribution in [3.05, 3.63) is 17.7 Å². The van der Waals surface area contributed by atoms with Crippen LogP contribution in [0, 0.1) is 0 Å². The highest BCUT2D eigenvalue weighted by atomic mass is 16.5. The van der Waals surface area contributed by atoms with Gasteiger partial charge in [-0.05, 0) is 25.0 Å². The lowest BCUT2D eigenvalue weighted by Gasteiger charge is -2.22. The molecule has 0 bridgehead atoms. The van der Waals surface area contributed by atoms with Crippen molar-refractivity contribution in [2.24, 2.45) is 0 Å². The largest absolute Gasteiger partial charge is 0.493 e. The number of rotatable bonds is 13. The molecule has 0 unspecified atom stereocenters. The number of methoxy groups -OCH3 is 4. The SMILES string of the molecule is CCC[C@@H](NC(=O)[C@H](CCC(=O)O)NC(=O)c1cc(OC)c(OC)c(OC)c1)C(=O)OC. The minimum Gasteiger partial charge on any atom is -0.493 e.